The third kappa shape index (κ3) is 5.17. The lowest BCUT2D eigenvalue weighted by molar-refractivity contribution is -0.123. The molecule has 1 fully saturated rings. The molecule has 1 unspecified atom stereocenters. The molecule has 1 amide bonds. The summed E-state index contributed by atoms with van der Waals surface area (Å²) in [5, 5.41) is 6.20. The largest absolute Gasteiger partial charge is 0.484 e. The van der Waals surface area contributed by atoms with Crippen molar-refractivity contribution < 1.29 is 13.9 Å². The van der Waals surface area contributed by atoms with Crippen molar-refractivity contribution in [3.05, 3.63) is 30.1 Å². The molecule has 0 aromatic heterocycles. The maximum atomic E-state index is 12.7. The average molecular weight is 280 g/mol. The Balaban J connectivity index is 1.59. The molecule has 1 aromatic carbocycles. The maximum Gasteiger partial charge on any atom is 0.257 e. The van der Waals surface area contributed by atoms with Gasteiger partial charge in [-0.05, 0) is 62.5 Å². The van der Waals surface area contributed by atoms with Crippen LogP contribution in [0, 0.1) is 11.7 Å². The highest BCUT2D eigenvalue weighted by Gasteiger charge is 2.12. The quantitative estimate of drug-likeness (QED) is 0.834. The number of rotatable bonds is 6. The summed E-state index contributed by atoms with van der Waals surface area (Å²) in [4.78, 5) is 11.6. The standard InChI is InChI=1S/C15H21FN2O2/c16-13-3-5-14(6-4-13)20-11-15(19)18-9-7-12-2-1-8-17-10-12/h3-6,12,17H,1-2,7-11H2,(H,18,19). The first-order valence-electron chi connectivity index (χ1n) is 7.10. The molecule has 2 rings (SSSR count). The second kappa shape index (κ2) is 7.85. The summed E-state index contributed by atoms with van der Waals surface area (Å²) < 4.78 is 18.0. The van der Waals surface area contributed by atoms with Crippen LogP contribution < -0.4 is 15.4 Å². The van der Waals surface area contributed by atoms with Gasteiger partial charge in [-0.1, -0.05) is 0 Å². The van der Waals surface area contributed by atoms with E-state index in [2.05, 4.69) is 10.6 Å². The zero-order valence-corrected chi connectivity index (χ0v) is 11.5. The molecule has 0 radical (unpaired) electrons. The van der Waals surface area contributed by atoms with Gasteiger partial charge in [0, 0.05) is 6.54 Å². The van der Waals surface area contributed by atoms with Gasteiger partial charge in [-0.3, -0.25) is 4.79 Å². The molecule has 0 spiro atoms. The molecule has 1 heterocycles. The van der Waals surface area contributed by atoms with Crippen LogP contribution in [0.25, 0.3) is 0 Å². The predicted molar refractivity (Wildman–Crippen MR) is 75.1 cm³/mol. The molecule has 1 atom stereocenters. The van der Waals surface area contributed by atoms with Crippen LogP contribution in [0.5, 0.6) is 5.75 Å². The minimum Gasteiger partial charge on any atom is -0.484 e. The number of nitrogens with one attached hydrogen (secondary N) is 2. The molecule has 1 aromatic rings. The van der Waals surface area contributed by atoms with Crippen molar-refractivity contribution in [1.29, 1.82) is 0 Å². The van der Waals surface area contributed by atoms with Gasteiger partial charge < -0.3 is 15.4 Å². The number of hydrogen-bond donors (Lipinski definition) is 2. The first-order valence-corrected chi connectivity index (χ1v) is 7.10. The minimum atomic E-state index is -0.317. The number of benzene rings is 1. The Morgan fingerprint density at radius 2 is 2.20 bits per heavy atom. The monoisotopic (exact) mass is 280 g/mol. The number of piperidine rings is 1. The van der Waals surface area contributed by atoms with Crippen LogP contribution in [-0.4, -0.2) is 32.1 Å². The van der Waals surface area contributed by atoms with E-state index in [0.29, 0.717) is 18.2 Å². The minimum absolute atomic E-state index is 0.0332. The van der Waals surface area contributed by atoms with Crippen molar-refractivity contribution in [3.63, 3.8) is 0 Å². The van der Waals surface area contributed by atoms with Crippen LogP contribution in [0.15, 0.2) is 24.3 Å². The lowest BCUT2D eigenvalue weighted by atomic mass is 9.96. The molecule has 5 heteroatoms. The number of amides is 1. The normalized spacial score (nSPS) is 18.6. The zero-order chi connectivity index (χ0) is 14.2. The Morgan fingerprint density at radius 1 is 1.40 bits per heavy atom. The Hall–Kier alpha value is -1.62. The molecule has 0 bridgehead atoms. The summed E-state index contributed by atoms with van der Waals surface area (Å²) >= 11 is 0. The second-order valence-electron chi connectivity index (χ2n) is 5.09. The van der Waals surface area contributed by atoms with Gasteiger partial charge >= 0.3 is 0 Å². The predicted octanol–water partition coefficient (Wildman–Crippen LogP) is 1.71. The van der Waals surface area contributed by atoms with Crippen molar-refractivity contribution in [3.8, 4) is 5.75 Å². The Morgan fingerprint density at radius 3 is 2.90 bits per heavy atom. The summed E-state index contributed by atoms with van der Waals surface area (Å²) in [6.45, 7) is 2.79. The Labute approximate surface area is 118 Å². The molecule has 0 saturated carbocycles. The van der Waals surface area contributed by atoms with E-state index in [9.17, 15) is 9.18 Å². The van der Waals surface area contributed by atoms with Crippen molar-refractivity contribution in [1.82, 2.24) is 10.6 Å². The molecule has 2 N–H and O–H groups in total. The average Bonchev–Trinajstić information content (AvgIpc) is 2.48. The smallest absolute Gasteiger partial charge is 0.257 e. The van der Waals surface area contributed by atoms with Gasteiger partial charge in [-0.15, -0.1) is 0 Å². The molecular weight excluding hydrogens is 259 g/mol. The van der Waals surface area contributed by atoms with Crippen molar-refractivity contribution in [2.75, 3.05) is 26.2 Å². The first-order chi connectivity index (χ1) is 9.74. The van der Waals surface area contributed by atoms with Crippen LogP contribution in [0.4, 0.5) is 4.39 Å². The first kappa shape index (κ1) is 14.8. The molecule has 1 aliphatic rings. The van der Waals surface area contributed by atoms with Gasteiger partial charge in [0.15, 0.2) is 6.61 Å². The summed E-state index contributed by atoms with van der Waals surface area (Å²) in [5.74, 6) is 0.695. The van der Waals surface area contributed by atoms with Crippen molar-refractivity contribution in [2.45, 2.75) is 19.3 Å². The van der Waals surface area contributed by atoms with Crippen LogP contribution in [-0.2, 0) is 4.79 Å². The van der Waals surface area contributed by atoms with E-state index in [1.807, 2.05) is 0 Å². The molecular formula is C15H21FN2O2. The van der Waals surface area contributed by atoms with Crippen LogP contribution >= 0.6 is 0 Å². The topological polar surface area (TPSA) is 50.4 Å². The molecule has 0 aliphatic carbocycles. The summed E-state index contributed by atoms with van der Waals surface area (Å²) in [5.41, 5.74) is 0. The third-order valence-electron chi connectivity index (χ3n) is 3.46. The van der Waals surface area contributed by atoms with Crippen molar-refractivity contribution >= 4 is 5.91 Å². The molecule has 1 saturated heterocycles. The highest BCUT2D eigenvalue weighted by molar-refractivity contribution is 5.77. The van der Waals surface area contributed by atoms with Gasteiger partial charge in [-0.2, -0.15) is 0 Å². The van der Waals surface area contributed by atoms with Gasteiger partial charge in [0.05, 0.1) is 0 Å². The van der Waals surface area contributed by atoms with E-state index in [1.54, 1.807) is 0 Å². The molecule has 110 valence electrons. The van der Waals surface area contributed by atoms with E-state index in [1.165, 1.54) is 37.1 Å². The van der Waals surface area contributed by atoms with Crippen molar-refractivity contribution in [2.24, 2.45) is 5.92 Å². The zero-order valence-electron chi connectivity index (χ0n) is 11.5. The van der Waals surface area contributed by atoms with E-state index in [4.69, 9.17) is 4.74 Å². The highest BCUT2D eigenvalue weighted by Crippen LogP contribution is 2.13. The molecule has 4 nitrogen and oxygen atoms in total. The van der Waals surface area contributed by atoms with Crippen LogP contribution in [0.1, 0.15) is 19.3 Å². The van der Waals surface area contributed by atoms with E-state index < -0.39 is 0 Å². The van der Waals surface area contributed by atoms with E-state index in [0.717, 1.165) is 19.5 Å². The summed E-state index contributed by atoms with van der Waals surface area (Å²) in [6.07, 6.45) is 3.44. The van der Waals surface area contributed by atoms with E-state index in [-0.39, 0.29) is 18.3 Å². The fourth-order valence-corrected chi connectivity index (χ4v) is 2.32. The third-order valence-corrected chi connectivity index (χ3v) is 3.46. The Bertz CT molecular complexity index is 416. The number of halogens is 1. The van der Waals surface area contributed by atoms with E-state index >= 15 is 0 Å². The molecule has 20 heavy (non-hydrogen) atoms. The number of hydrogen-bond acceptors (Lipinski definition) is 3. The fraction of sp³-hybridized carbons (Fsp3) is 0.533. The highest BCUT2D eigenvalue weighted by atomic mass is 19.1. The van der Waals surface area contributed by atoms with Gasteiger partial charge in [0.1, 0.15) is 11.6 Å². The lowest BCUT2D eigenvalue weighted by Crippen LogP contribution is -2.34. The Kier molecular flexibility index (Phi) is 5.80. The van der Waals surface area contributed by atoms with Crippen LogP contribution in [0.2, 0.25) is 0 Å². The summed E-state index contributed by atoms with van der Waals surface area (Å²) in [6, 6.07) is 5.64. The second-order valence-corrected chi connectivity index (χ2v) is 5.09. The van der Waals surface area contributed by atoms with Gasteiger partial charge in [0.2, 0.25) is 0 Å². The number of carbonyl (C=O) groups is 1. The fourth-order valence-electron chi connectivity index (χ4n) is 2.32. The van der Waals surface area contributed by atoms with Crippen LogP contribution in [0.3, 0.4) is 0 Å². The SMILES string of the molecule is O=C(COc1ccc(F)cc1)NCCC1CCCNC1. The maximum absolute atomic E-state index is 12.7. The lowest BCUT2D eigenvalue weighted by Gasteiger charge is -2.22. The number of ether oxygens (including phenoxy) is 1. The van der Waals surface area contributed by atoms with Gasteiger partial charge in [-0.25, -0.2) is 4.39 Å². The molecule has 1 aliphatic heterocycles. The van der Waals surface area contributed by atoms with Gasteiger partial charge in [0.25, 0.3) is 5.91 Å². The number of carbonyl (C=O) groups excluding carboxylic acids is 1. The summed E-state index contributed by atoms with van der Waals surface area (Å²) in [7, 11) is 0.